The van der Waals surface area contributed by atoms with Crippen LogP contribution >= 0.6 is 0 Å². The number of nitrogens with one attached hydrogen (secondary N) is 2. The number of guanidine groups is 1. The molecule has 3 rings (SSSR count). The summed E-state index contributed by atoms with van der Waals surface area (Å²) < 4.78 is 0. The van der Waals surface area contributed by atoms with E-state index in [0.29, 0.717) is 22.3 Å². The molecule has 2 heterocycles. The summed E-state index contributed by atoms with van der Waals surface area (Å²) in [5.74, 6) is -0.497. The first-order valence-electron chi connectivity index (χ1n) is 7.87. The number of carbonyl (C=O) groups is 1. The van der Waals surface area contributed by atoms with Gasteiger partial charge < -0.3 is 16.8 Å². The molecule has 0 radical (unpaired) electrons. The Morgan fingerprint density at radius 1 is 1.37 bits per heavy atom. The Labute approximate surface area is 153 Å². The number of azide groups is 1. The van der Waals surface area contributed by atoms with E-state index < -0.39 is 5.91 Å². The third-order valence-corrected chi connectivity index (χ3v) is 3.85. The number of nitrogens with two attached hydrogens (primary N) is 2. The Kier molecular flexibility index (Phi) is 4.86. The quantitative estimate of drug-likeness (QED) is 0.178. The third kappa shape index (κ3) is 3.78. The molecule has 27 heavy (non-hydrogen) atoms. The molecule has 0 aliphatic carbocycles. The highest BCUT2D eigenvalue weighted by Crippen LogP contribution is 2.28. The average molecular weight is 364 g/mol. The molecule has 1 amide bonds. The van der Waals surface area contributed by atoms with Crippen LogP contribution in [-0.4, -0.2) is 27.0 Å². The van der Waals surface area contributed by atoms with Gasteiger partial charge >= 0.3 is 0 Å². The van der Waals surface area contributed by atoms with Crippen LogP contribution in [-0.2, 0) is 0 Å². The monoisotopic (exact) mass is 364 g/mol. The van der Waals surface area contributed by atoms with Gasteiger partial charge in [0, 0.05) is 16.7 Å². The van der Waals surface area contributed by atoms with Crippen molar-refractivity contribution in [2.24, 2.45) is 21.6 Å². The summed E-state index contributed by atoms with van der Waals surface area (Å²) in [4.78, 5) is 23.7. The van der Waals surface area contributed by atoms with E-state index in [1.807, 2.05) is 0 Å². The van der Waals surface area contributed by atoms with Crippen LogP contribution < -0.4 is 16.8 Å². The van der Waals surface area contributed by atoms with Crippen LogP contribution in [0.3, 0.4) is 0 Å². The van der Waals surface area contributed by atoms with Gasteiger partial charge in [0.2, 0.25) is 0 Å². The van der Waals surface area contributed by atoms with Crippen molar-refractivity contribution < 1.29 is 4.79 Å². The van der Waals surface area contributed by atoms with Crippen molar-refractivity contribution >= 4 is 34.3 Å². The van der Waals surface area contributed by atoms with E-state index in [0.717, 1.165) is 0 Å². The number of aromatic amines is 1. The fourth-order valence-corrected chi connectivity index (χ4v) is 2.58. The normalized spacial score (nSPS) is 11.4. The van der Waals surface area contributed by atoms with E-state index in [1.54, 1.807) is 43.6 Å². The predicted octanol–water partition coefficient (Wildman–Crippen LogP) is 2.49. The number of H-pyrrole nitrogens is 1. The number of aromatic nitrogens is 3. The van der Waals surface area contributed by atoms with Gasteiger partial charge in [-0.05, 0) is 36.2 Å². The van der Waals surface area contributed by atoms with Crippen molar-refractivity contribution in [2.75, 3.05) is 5.32 Å². The first-order valence-corrected chi connectivity index (χ1v) is 7.87. The zero-order valence-electron chi connectivity index (χ0n) is 14.3. The lowest BCUT2D eigenvalue weighted by molar-refractivity contribution is 0.102. The van der Waals surface area contributed by atoms with Gasteiger partial charge in [-0.3, -0.25) is 9.89 Å². The van der Waals surface area contributed by atoms with Crippen molar-refractivity contribution in [3.8, 4) is 0 Å². The summed E-state index contributed by atoms with van der Waals surface area (Å²) in [5, 5.41) is 13.7. The Morgan fingerprint density at radius 3 is 2.93 bits per heavy atom. The van der Waals surface area contributed by atoms with Gasteiger partial charge in [-0.15, -0.1) is 0 Å². The zero-order valence-corrected chi connectivity index (χ0v) is 14.3. The second-order valence-corrected chi connectivity index (χ2v) is 5.64. The SMILES string of the molecule is C[C@@H](N=C(N)N)c1ccc(C(=O)Nc2ccnc3[nH]ncc23)c(N=[N+]=[N-])c1. The minimum atomic E-state index is -0.438. The van der Waals surface area contributed by atoms with Gasteiger partial charge in [0.25, 0.3) is 5.91 Å². The molecule has 0 fully saturated rings. The van der Waals surface area contributed by atoms with Crippen molar-refractivity contribution in [3.05, 3.63) is 58.2 Å². The van der Waals surface area contributed by atoms with Crippen molar-refractivity contribution in [2.45, 2.75) is 13.0 Å². The maximum Gasteiger partial charge on any atom is 0.256 e. The molecule has 136 valence electrons. The number of rotatable bonds is 5. The van der Waals surface area contributed by atoms with Gasteiger partial charge in [-0.25, -0.2) is 9.98 Å². The molecule has 0 saturated carbocycles. The number of nitrogens with zero attached hydrogens (tertiary/aromatic N) is 6. The summed E-state index contributed by atoms with van der Waals surface area (Å²) in [6.45, 7) is 1.78. The Morgan fingerprint density at radius 2 is 2.19 bits per heavy atom. The molecule has 0 unspecified atom stereocenters. The second-order valence-electron chi connectivity index (χ2n) is 5.64. The summed E-state index contributed by atoms with van der Waals surface area (Å²) in [5.41, 5.74) is 21.8. The van der Waals surface area contributed by atoms with E-state index in [1.165, 1.54) is 0 Å². The lowest BCUT2D eigenvalue weighted by Gasteiger charge is -2.12. The Hall–Kier alpha value is -4.11. The van der Waals surface area contributed by atoms with Gasteiger partial charge in [0.15, 0.2) is 11.6 Å². The number of aliphatic imine (C=N–C) groups is 1. The molecule has 0 saturated heterocycles. The van der Waals surface area contributed by atoms with E-state index in [2.05, 4.69) is 35.5 Å². The summed E-state index contributed by atoms with van der Waals surface area (Å²) in [6.07, 6.45) is 3.11. The number of pyridine rings is 1. The third-order valence-electron chi connectivity index (χ3n) is 3.85. The molecule has 0 aliphatic rings. The Bertz CT molecular complexity index is 1080. The molecule has 3 aromatic rings. The molecule has 0 bridgehead atoms. The van der Waals surface area contributed by atoms with Crippen molar-refractivity contribution in [3.63, 3.8) is 0 Å². The number of hydrogen-bond donors (Lipinski definition) is 4. The van der Waals surface area contributed by atoms with Crippen LogP contribution in [0.4, 0.5) is 11.4 Å². The predicted molar refractivity (Wildman–Crippen MR) is 101 cm³/mol. The highest BCUT2D eigenvalue weighted by atomic mass is 16.1. The molecule has 11 nitrogen and oxygen atoms in total. The molecule has 0 spiro atoms. The van der Waals surface area contributed by atoms with E-state index in [4.69, 9.17) is 17.0 Å². The smallest absolute Gasteiger partial charge is 0.256 e. The molecule has 0 aliphatic heterocycles. The Balaban J connectivity index is 1.95. The molecule has 1 aromatic carbocycles. The second kappa shape index (κ2) is 7.42. The molecule has 2 aromatic heterocycles. The molecule has 1 atom stereocenters. The molecular formula is C16H16N10O. The molecular weight excluding hydrogens is 348 g/mol. The first-order chi connectivity index (χ1) is 13.0. The lowest BCUT2D eigenvalue weighted by atomic mass is 10.0. The van der Waals surface area contributed by atoms with Crippen molar-refractivity contribution in [1.82, 2.24) is 15.2 Å². The standard InChI is InChI=1S/C16H16N10O/c1-8(22-16(17)18)9-2-3-10(13(6-9)24-26-19)15(27)23-12-4-5-20-14-11(12)7-21-25-14/h2-8H,1H3,(H4,17,18,22)(H2,20,21,23,25,27)/t8-/m1/s1. The number of hydrogen-bond acceptors (Lipinski definition) is 5. The lowest BCUT2D eigenvalue weighted by Crippen LogP contribution is -2.23. The summed E-state index contributed by atoms with van der Waals surface area (Å²) >= 11 is 0. The largest absolute Gasteiger partial charge is 0.370 e. The van der Waals surface area contributed by atoms with E-state index in [9.17, 15) is 4.79 Å². The number of benzene rings is 1. The average Bonchev–Trinajstić information content (AvgIpc) is 3.11. The molecule has 6 N–H and O–H groups in total. The maximum atomic E-state index is 12.7. The summed E-state index contributed by atoms with van der Waals surface area (Å²) in [7, 11) is 0. The van der Waals surface area contributed by atoms with Gasteiger partial charge in [-0.2, -0.15) is 5.10 Å². The number of carbonyl (C=O) groups excluding carboxylic acids is 1. The topological polar surface area (TPSA) is 184 Å². The highest BCUT2D eigenvalue weighted by Gasteiger charge is 2.15. The highest BCUT2D eigenvalue weighted by molar-refractivity contribution is 6.10. The fraction of sp³-hybridized carbons (Fsp3) is 0.125. The fourth-order valence-electron chi connectivity index (χ4n) is 2.58. The number of amides is 1. The van der Waals surface area contributed by atoms with Gasteiger partial charge in [0.1, 0.15) is 0 Å². The van der Waals surface area contributed by atoms with Crippen LogP contribution in [0, 0.1) is 0 Å². The van der Waals surface area contributed by atoms with E-state index in [-0.39, 0.29) is 23.3 Å². The minimum absolute atomic E-state index is 0.0588. The van der Waals surface area contributed by atoms with Crippen LogP contribution in [0.25, 0.3) is 21.5 Å². The van der Waals surface area contributed by atoms with Crippen LogP contribution in [0.1, 0.15) is 28.9 Å². The summed E-state index contributed by atoms with van der Waals surface area (Å²) in [6, 6.07) is 6.12. The van der Waals surface area contributed by atoms with E-state index >= 15 is 0 Å². The zero-order chi connectivity index (χ0) is 19.4. The maximum absolute atomic E-state index is 12.7. The minimum Gasteiger partial charge on any atom is -0.370 e. The van der Waals surface area contributed by atoms with Gasteiger partial charge in [0.05, 0.1) is 29.0 Å². The number of anilines is 1. The van der Waals surface area contributed by atoms with Crippen LogP contribution in [0.5, 0.6) is 0 Å². The number of fused-ring (bicyclic) bond motifs is 1. The van der Waals surface area contributed by atoms with Gasteiger partial charge in [-0.1, -0.05) is 11.2 Å². The first kappa shape index (κ1) is 17.7. The van der Waals surface area contributed by atoms with Crippen LogP contribution in [0.15, 0.2) is 46.8 Å². The van der Waals surface area contributed by atoms with Crippen molar-refractivity contribution in [1.29, 1.82) is 0 Å². The molecule has 11 heteroatoms. The van der Waals surface area contributed by atoms with Crippen LogP contribution in [0.2, 0.25) is 0 Å².